The van der Waals surface area contributed by atoms with Gasteiger partial charge >= 0.3 is 0 Å². The molecule has 2 aromatic rings. The second-order valence-electron chi connectivity index (χ2n) is 6.07. The van der Waals surface area contributed by atoms with Gasteiger partial charge in [0.25, 0.3) is 0 Å². The van der Waals surface area contributed by atoms with E-state index in [4.69, 9.17) is 0 Å². The van der Waals surface area contributed by atoms with Gasteiger partial charge in [-0.2, -0.15) is 0 Å². The smallest absolute Gasteiger partial charge is 0.224 e. The zero-order chi connectivity index (χ0) is 15.4. The Morgan fingerprint density at radius 1 is 1.14 bits per heavy atom. The zero-order valence-corrected chi connectivity index (χ0v) is 13.0. The first kappa shape index (κ1) is 15.0. The summed E-state index contributed by atoms with van der Waals surface area (Å²) >= 11 is 0. The molecule has 116 valence electrons. The Labute approximate surface area is 131 Å². The molecule has 1 saturated carbocycles. The van der Waals surface area contributed by atoms with E-state index >= 15 is 0 Å². The van der Waals surface area contributed by atoms with E-state index in [1.807, 2.05) is 37.4 Å². The van der Waals surface area contributed by atoms with Crippen molar-refractivity contribution in [2.75, 3.05) is 7.05 Å². The molecular formula is C18H23N3O. The molecule has 1 aliphatic carbocycles. The number of amides is 1. The van der Waals surface area contributed by atoms with E-state index in [0.717, 1.165) is 42.1 Å². The van der Waals surface area contributed by atoms with Crippen molar-refractivity contribution in [3.05, 3.63) is 42.1 Å². The number of para-hydroxylation sites is 1. The Kier molecular flexibility index (Phi) is 4.68. The zero-order valence-electron chi connectivity index (χ0n) is 13.0. The molecule has 1 fully saturated rings. The summed E-state index contributed by atoms with van der Waals surface area (Å²) in [7, 11) is 2.01. The lowest BCUT2D eigenvalue weighted by atomic mass is 9.91. The van der Waals surface area contributed by atoms with Gasteiger partial charge in [-0.05, 0) is 44.4 Å². The fourth-order valence-corrected chi connectivity index (χ4v) is 3.29. The van der Waals surface area contributed by atoms with Gasteiger partial charge in [-0.25, -0.2) is 0 Å². The summed E-state index contributed by atoms with van der Waals surface area (Å²) in [6, 6.07) is 10.9. The second kappa shape index (κ2) is 6.88. The average molecular weight is 297 g/mol. The fraction of sp³-hybridized carbons (Fsp3) is 0.444. The summed E-state index contributed by atoms with van der Waals surface area (Å²) < 4.78 is 0. The largest absolute Gasteiger partial charge is 0.353 e. The minimum atomic E-state index is 0.103. The number of nitrogens with one attached hydrogen (secondary N) is 2. The first-order chi connectivity index (χ1) is 10.8. The molecule has 0 radical (unpaired) electrons. The molecule has 0 atom stereocenters. The van der Waals surface area contributed by atoms with Gasteiger partial charge in [0.2, 0.25) is 5.91 Å². The molecule has 0 aliphatic heterocycles. The highest BCUT2D eigenvalue weighted by Gasteiger charge is 2.21. The minimum absolute atomic E-state index is 0.103. The summed E-state index contributed by atoms with van der Waals surface area (Å²) in [5.41, 5.74) is 1.93. The van der Waals surface area contributed by atoms with Crippen LogP contribution in [0.15, 0.2) is 36.5 Å². The molecule has 1 aromatic heterocycles. The summed E-state index contributed by atoms with van der Waals surface area (Å²) in [6.07, 6.45) is 6.58. The number of carbonyl (C=O) groups excluding carboxylic acids is 1. The third-order valence-electron chi connectivity index (χ3n) is 4.57. The quantitative estimate of drug-likeness (QED) is 0.911. The van der Waals surface area contributed by atoms with E-state index in [2.05, 4.69) is 15.6 Å². The Bertz CT molecular complexity index is 642. The van der Waals surface area contributed by atoms with Crippen LogP contribution in [0, 0.1) is 0 Å². The molecule has 0 bridgehead atoms. The van der Waals surface area contributed by atoms with Gasteiger partial charge in [-0.1, -0.05) is 24.3 Å². The summed E-state index contributed by atoms with van der Waals surface area (Å²) in [4.78, 5) is 16.7. The molecule has 0 unspecified atom stereocenters. The van der Waals surface area contributed by atoms with Crippen molar-refractivity contribution in [3.8, 4) is 0 Å². The lowest BCUT2D eigenvalue weighted by molar-refractivity contribution is -0.121. The lowest BCUT2D eigenvalue weighted by Crippen LogP contribution is -2.41. The van der Waals surface area contributed by atoms with Gasteiger partial charge in [0, 0.05) is 23.7 Å². The van der Waals surface area contributed by atoms with E-state index in [1.165, 1.54) is 0 Å². The number of hydrogen-bond donors (Lipinski definition) is 2. The third-order valence-corrected chi connectivity index (χ3v) is 4.57. The number of nitrogens with zero attached hydrogens (tertiary/aromatic N) is 1. The van der Waals surface area contributed by atoms with Gasteiger partial charge in [-0.3, -0.25) is 9.78 Å². The van der Waals surface area contributed by atoms with E-state index in [-0.39, 0.29) is 5.91 Å². The van der Waals surface area contributed by atoms with Crippen LogP contribution in [0.4, 0.5) is 0 Å². The molecule has 0 spiro atoms. The molecule has 4 heteroatoms. The SMILES string of the molecule is CNC1CCC(NC(=O)Cc2cccc3cccnc23)CC1. The van der Waals surface area contributed by atoms with Crippen molar-refractivity contribution >= 4 is 16.8 Å². The molecule has 1 heterocycles. The van der Waals surface area contributed by atoms with E-state index in [1.54, 1.807) is 6.20 Å². The average Bonchev–Trinajstić information content (AvgIpc) is 2.56. The number of carbonyl (C=O) groups is 1. The number of rotatable bonds is 4. The standard InChI is InChI=1S/C18H23N3O/c1-19-15-7-9-16(10-8-15)21-17(22)12-14-5-2-4-13-6-3-11-20-18(13)14/h2-6,11,15-16,19H,7-10,12H2,1H3,(H,21,22). The number of pyridine rings is 1. The summed E-state index contributed by atoms with van der Waals surface area (Å²) in [6.45, 7) is 0. The highest BCUT2D eigenvalue weighted by molar-refractivity contribution is 5.87. The van der Waals surface area contributed by atoms with Crippen LogP contribution < -0.4 is 10.6 Å². The van der Waals surface area contributed by atoms with Crippen LogP contribution in [-0.4, -0.2) is 30.0 Å². The van der Waals surface area contributed by atoms with E-state index in [0.29, 0.717) is 18.5 Å². The number of fused-ring (bicyclic) bond motifs is 1. The first-order valence-electron chi connectivity index (χ1n) is 8.05. The number of benzene rings is 1. The molecule has 1 aliphatic rings. The van der Waals surface area contributed by atoms with Gasteiger partial charge in [0.1, 0.15) is 0 Å². The Balaban J connectivity index is 1.62. The maximum Gasteiger partial charge on any atom is 0.224 e. The summed E-state index contributed by atoms with van der Waals surface area (Å²) in [5.74, 6) is 0.103. The molecule has 3 rings (SSSR count). The molecule has 4 nitrogen and oxygen atoms in total. The predicted molar refractivity (Wildman–Crippen MR) is 88.7 cm³/mol. The van der Waals surface area contributed by atoms with Crippen molar-refractivity contribution in [3.63, 3.8) is 0 Å². The van der Waals surface area contributed by atoms with Crippen molar-refractivity contribution in [1.82, 2.24) is 15.6 Å². The van der Waals surface area contributed by atoms with Crippen LogP contribution >= 0.6 is 0 Å². The molecule has 1 amide bonds. The molecule has 0 saturated heterocycles. The number of hydrogen-bond acceptors (Lipinski definition) is 3. The van der Waals surface area contributed by atoms with Crippen LogP contribution in [0.2, 0.25) is 0 Å². The van der Waals surface area contributed by atoms with Crippen LogP contribution in [-0.2, 0) is 11.2 Å². The third kappa shape index (κ3) is 3.45. The predicted octanol–water partition coefficient (Wildman–Crippen LogP) is 2.42. The Morgan fingerprint density at radius 2 is 1.86 bits per heavy atom. The van der Waals surface area contributed by atoms with Gasteiger partial charge in [-0.15, -0.1) is 0 Å². The van der Waals surface area contributed by atoms with Crippen LogP contribution in [0.5, 0.6) is 0 Å². The first-order valence-corrected chi connectivity index (χ1v) is 8.05. The van der Waals surface area contributed by atoms with E-state index < -0.39 is 0 Å². The molecule has 22 heavy (non-hydrogen) atoms. The van der Waals surface area contributed by atoms with Crippen molar-refractivity contribution < 1.29 is 4.79 Å². The van der Waals surface area contributed by atoms with Crippen LogP contribution in [0.1, 0.15) is 31.2 Å². The molecule has 2 N–H and O–H groups in total. The Morgan fingerprint density at radius 3 is 2.64 bits per heavy atom. The topological polar surface area (TPSA) is 54.0 Å². The van der Waals surface area contributed by atoms with Crippen molar-refractivity contribution in [1.29, 1.82) is 0 Å². The molecule has 1 aromatic carbocycles. The second-order valence-corrected chi connectivity index (χ2v) is 6.07. The van der Waals surface area contributed by atoms with Crippen molar-refractivity contribution in [2.45, 2.75) is 44.2 Å². The summed E-state index contributed by atoms with van der Waals surface area (Å²) in [5, 5.41) is 7.58. The highest BCUT2D eigenvalue weighted by Crippen LogP contribution is 2.19. The monoisotopic (exact) mass is 297 g/mol. The maximum absolute atomic E-state index is 12.3. The fourth-order valence-electron chi connectivity index (χ4n) is 3.29. The van der Waals surface area contributed by atoms with Crippen LogP contribution in [0.3, 0.4) is 0 Å². The van der Waals surface area contributed by atoms with Crippen molar-refractivity contribution in [2.24, 2.45) is 0 Å². The van der Waals surface area contributed by atoms with E-state index in [9.17, 15) is 4.79 Å². The van der Waals surface area contributed by atoms with Gasteiger partial charge in [0.15, 0.2) is 0 Å². The lowest BCUT2D eigenvalue weighted by Gasteiger charge is -2.28. The minimum Gasteiger partial charge on any atom is -0.353 e. The Hall–Kier alpha value is -1.94. The van der Waals surface area contributed by atoms with Gasteiger partial charge < -0.3 is 10.6 Å². The molecular weight excluding hydrogens is 274 g/mol. The number of aromatic nitrogens is 1. The maximum atomic E-state index is 12.3. The van der Waals surface area contributed by atoms with Gasteiger partial charge in [0.05, 0.1) is 11.9 Å². The van der Waals surface area contributed by atoms with Crippen LogP contribution in [0.25, 0.3) is 10.9 Å². The highest BCUT2D eigenvalue weighted by atomic mass is 16.1. The normalized spacial score (nSPS) is 21.7.